The van der Waals surface area contributed by atoms with Crippen LogP contribution in [-0.4, -0.2) is 16.2 Å². The minimum absolute atomic E-state index is 0.0957. The van der Waals surface area contributed by atoms with Crippen molar-refractivity contribution < 1.29 is 15.0 Å². The summed E-state index contributed by atoms with van der Waals surface area (Å²) in [6, 6.07) is 2.70. The minimum atomic E-state index is -1.14. The molecule has 0 bridgehead atoms. The molecule has 1 aliphatic rings. The van der Waals surface area contributed by atoms with Crippen molar-refractivity contribution in [2.75, 3.05) is 0 Å². The van der Waals surface area contributed by atoms with Crippen molar-refractivity contribution in [1.82, 2.24) is 0 Å². The van der Waals surface area contributed by atoms with Gasteiger partial charge in [0, 0.05) is 16.1 Å². The van der Waals surface area contributed by atoms with Gasteiger partial charge in [-0.2, -0.15) is 0 Å². The van der Waals surface area contributed by atoms with Crippen LogP contribution in [0.1, 0.15) is 47.6 Å². The van der Waals surface area contributed by atoms with Crippen LogP contribution in [0.2, 0.25) is 0 Å². The SMILES string of the molecule is N[C@H](c1c(Br)ccc(C(=O)O)c1O)C1CCCC1. The maximum absolute atomic E-state index is 11.0. The van der Waals surface area contributed by atoms with Gasteiger partial charge in [0.1, 0.15) is 11.3 Å². The van der Waals surface area contributed by atoms with Gasteiger partial charge in [-0.05, 0) is 30.9 Å². The Hall–Kier alpha value is -1.07. The minimum Gasteiger partial charge on any atom is -0.507 e. The zero-order valence-corrected chi connectivity index (χ0v) is 11.5. The molecule has 4 nitrogen and oxygen atoms in total. The van der Waals surface area contributed by atoms with Crippen LogP contribution in [0.5, 0.6) is 5.75 Å². The standard InChI is InChI=1S/C13H16BrNO3/c14-9-6-5-8(13(17)18)12(16)10(9)11(15)7-3-1-2-4-7/h5-7,11,16H,1-4,15H2,(H,17,18)/t11-/m0/s1. The Balaban J connectivity index is 2.42. The van der Waals surface area contributed by atoms with Crippen molar-refractivity contribution >= 4 is 21.9 Å². The van der Waals surface area contributed by atoms with Crippen molar-refractivity contribution in [1.29, 1.82) is 0 Å². The molecule has 0 spiro atoms. The topological polar surface area (TPSA) is 83.6 Å². The Bertz CT molecular complexity index is 470. The van der Waals surface area contributed by atoms with Crippen molar-refractivity contribution in [3.63, 3.8) is 0 Å². The van der Waals surface area contributed by atoms with Gasteiger partial charge in [0.2, 0.25) is 0 Å². The lowest BCUT2D eigenvalue weighted by atomic mass is 9.91. The molecule has 4 N–H and O–H groups in total. The van der Waals surface area contributed by atoms with E-state index in [0.717, 1.165) is 25.7 Å². The number of nitrogens with two attached hydrogens (primary N) is 1. The van der Waals surface area contributed by atoms with Crippen LogP contribution >= 0.6 is 15.9 Å². The lowest BCUT2D eigenvalue weighted by Gasteiger charge is -2.22. The number of aromatic hydroxyl groups is 1. The molecule has 1 aromatic carbocycles. The van der Waals surface area contributed by atoms with Crippen LogP contribution in [0.15, 0.2) is 16.6 Å². The highest BCUT2D eigenvalue weighted by Gasteiger charge is 2.28. The van der Waals surface area contributed by atoms with Gasteiger partial charge < -0.3 is 15.9 Å². The Kier molecular flexibility index (Phi) is 3.92. The molecule has 1 saturated carbocycles. The molecule has 0 amide bonds. The zero-order valence-electron chi connectivity index (χ0n) is 9.90. The summed E-state index contributed by atoms with van der Waals surface area (Å²) < 4.78 is 0.671. The normalized spacial score (nSPS) is 17.9. The van der Waals surface area contributed by atoms with Gasteiger partial charge >= 0.3 is 5.97 Å². The van der Waals surface area contributed by atoms with E-state index in [1.54, 1.807) is 6.07 Å². The largest absolute Gasteiger partial charge is 0.507 e. The molecule has 1 aliphatic carbocycles. The number of carboxylic acid groups (broad SMARTS) is 1. The predicted molar refractivity (Wildman–Crippen MR) is 71.7 cm³/mol. The predicted octanol–water partition coefficient (Wildman–Crippen LogP) is 3.04. The molecule has 0 saturated heterocycles. The van der Waals surface area contributed by atoms with Crippen LogP contribution in [0.25, 0.3) is 0 Å². The first-order valence-electron chi connectivity index (χ1n) is 6.02. The van der Waals surface area contributed by atoms with Crippen molar-refractivity contribution in [3.8, 4) is 5.75 Å². The molecule has 5 heteroatoms. The first-order chi connectivity index (χ1) is 8.52. The van der Waals surface area contributed by atoms with Crippen molar-refractivity contribution in [2.45, 2.75) is 31.7 Å². The molecular formula is C13H16BrNO3. The maximum atomic E-state index is 11.0. The average Bonchev–Trinajstić information content (AvgIpc) is 2.81. The molecule has 2 rings (SSSR count). The van der Waals surface area contributed by atoms with E-state index in [0.29, 0.717) is 16.0 Å². The van der Waals surface area contributed by atoms with Crippen molar-refractivity contribution in [2.24, 2.45) is 11.7 Å². The molecule has 0 aromatic heterocycles. The molecule has 1 fully saturated rings. The zero-order chi connectivity index (χ0) is 13.3. The number of benzene rings is 1. The molecule has 0 unspecified atom stereocenters. The van der Waals surface area contributed by atoms with E-state index in [1.165, 1.54) is 6.07 Å². The monoisotopic (exact) mass is 313 g/mol. The number of hydrogen-bond acceptors (Lipinski definition) is 3. The highest BCUT2D eigenvalue weighted by atomic mass is 79.9. The van der Waals surface area contributed by atoms with Crippen LogP contribution in [-0.2, 0) is 0 Å². The number of carbonyl (C=O) groups is 1. The fourth-order valence-electron chi connectivity index (χ4n) is 2.63. The van der Waals surface area contributed by atoms with E-state index in [2.05, 4.69) is 15.9 Å². The van der Waals surface area contributed by atoms with Crippen LogP contribution in [0.4, 0.5) is 0 Å². The first-order valence-corrected chi connectivity index (χ1v) is 6.82. The van der Waals surface area contributed by atoms with E-state index in [4.69, 9.17) is 10.8 Å². The van der Waals surface area contributed by atoms with E-state index < -0.39 is 5.97 Å². The second-order valence-electron chi connectivity index (χ2n) is 4.73. The average molecular weight is 314 g/mol. The summed E-state index contributed by atoms with van der Waals surface area (Å²) in [5.41, 5.74) is 6.61. The lowest BCUT2D eigenvalue weighted by Crippen LogP contribution is -2.20. The van der Waals surface area contributed by atoms with Gasteiger partial charge in [-0.1, -0.05) is 28.8 Å². The molecular weight excluding hydrogens is 298 g/mol. The summed E-state index contributed by atoms with van der Waals surface area (Å²) in [5, 5.41) is 19.1. The summed E-state index contributed by atoms with van der Waals surface area (Å²) >= 11 is 3.35. The molecule has 1 atom stereocenters. The number of carboxylic acids is 1. The fraction of sp³-hybridized carbons (Fsp3) is 0.462. The van der Waals surface area contributed by atoms with E-state index in [-0.39, 0.29) is 17.4 Å². The Labute approximate surface area is 114 Å². The highest BCUT2D eigenvalue weighted by molar-refractivity contribution is 9.10. The summed E-state index contributed by atoms with van der Waals surface area (Å²) in [7, 11) is 0. The van der Waals surface area contributed by atoms with Gasteiger partial charge in [0.15, 0.2) is 0 Å². The van der Waals surface area contributed by atoms with Crippen LogP contribution in [0.3, 0.4) is 0 Å². The van der Waals surface area contributed by atoms with Crippen LogP contribution in [0, 0.1) is 5.92 Å². The Morgan fingerprint density at radius 3 is 2.56 bits per heavy atom. The van der Waals surface area contributed by atoms with Gasteiger partial charge in [-0.25, -0.2) is 4.79 Å². The second-order valence-corrected chi connectivity index (χ2v) is 5.59. The summed E-state index contributed by atoms with van der Waals surface area (Å²) in [6.07, 6.45) is 4.36. The smallest absolute Gasteiger partial charge is 0.339 e. The number of rotatable bonds is 3. The molecule has 0 heterocycles. The Morgan fingerprint density at radius 1 is 1.39 bits per heavy atom. The lowest BCUT2D eigenvalue weighted by molar-refractivity contribution is 0.0693. The van der Waals surface area contributed by atoms with Crippen molar-refractivity contribution in [3.05, 3.63) is 27.7 Å². The molecule has 98 valence electrons. The third kappa shape index (κ3) is 2.37. The summed E-state index contributed by atoms with van der Waals surface area (Å²) in [6.45, 7) is 0. The summed E-state index contributed by atoms with van der Waals surface area (Å²) in [4.78, 5) is 11.0. The second kappa shape index (κ2) is 5.28. The molecule has 0 radical (unpaired) electrons. The van der Waals surface area contributed by atoms with Gasteiger partial charge in [-0.15, -0.1) is 0 Å². The highest BCUT2D eigenvalue weighted by Crippen LogP contribution is 2.41. The number of phenols is 1. The Morgan fingerprint density at radius 2 is 2.00 bits per heavy atom. The summed E-state index contributed by atoms with van der Waals surface area (Å²) in [5.74, 6) is -1.03. The fourth-order valence-corrected chi connectivity index (χ4v) is 3.21. The molecule has 1 aromatic rings. The van der Waals surface area contributed by atoms with E-state index in [9.17, 15) is 9.90 Å². The van der Waals surface area contributed by atoms with Gasteiger partial charge in [0.05, 0.1) is 0 Å². The van der Waals surface area contributed by atoms with Gasteiger partial charge in [0.25, 0.3) is 0 Å². The van der Waals surface area contributed by atoms with E-state index >= 15 is 0 Å². The number of halogens is 1. The number of hydrogen-bond donors (Lipinski definition) is 3. The third-order valence-corrected chi connectivity index (χ3v) is 4.33. The van der Waals surface area contributed by atoms with Crippen LogP contribution < -0.4 is 5.73 Å². The quantitative estimate of drug-likeness (QED) is 0.801. The third-order valence-electron chi connectivity index (χ3n) is 3.64. The van der Waals surface area contributed by atoms with E-state index in [1.807, 2.05) is 0 Å². The van der Waals surface area contributed by atoms with Gasteiger partial charge in [-0.3, -0.25) is 0 Å². The maximum Gasteiger partial charge on any atom is 0.339 e. The molecule has 0 aliphatic heterocycles. The number of aromatic carboxylic acids is 1. The molecule has 18 heavy (non-hydrogen) atoms. The first kappa shape index (κ1) is 13.4.